The topological polar surface area (TPSA) is 109 Å². The average molecular weight is 362 g/mol. The van der Waals surface area contributed by atoms with Crippen molar-refractivity contribution in [3.63, 3.8) is 0 Å². The first-order valence-electron chi connectivity index (χ1n) is 7.67. The Morgan fingerprint density at radius 1 is 1.28 bits per heavy atom. The minimum atomic E-state index is -3.87. The Kier molecular flexibility index (Phi) is 3.83. The van der Waals surface area contributed by atoms with E-state index in [0.29, 0.717) is 5.69 Å². The number of sulfone groups is 1. The summed E-state index contributed by atoms with van der Waals surface area (Å²) in [7, 11) is -3.87. The fourth-order valence-corrected chi connectivity index (χ4v) is 5.23. The van der Waals surface area contributed by atoms with Crippen LogP contribution in [0, 0.1) is 11.2 Å². The molecule has 25 heavy (non-hydrogen) atoms. The molecule has 1 saturated heterocycles. The molecule has 1 aliphatic rings. The molecule has 0 amide bonds. The standard InChI is InChI=1S/C17H19FN4O2S/c1-16(12-9-11(19)6-7-13(12)18)10-25(23,24)17(2,15(20)22-16)14-5-3-4-8-21-14/h3-9H,10,19H2,1-2H3,(H2,20,22)/t16-,17+/m0/s1. The zero-order valence-electron chi connectivity index (χ0n) is 13.9. The van der Waals surface area contributed by atoms with Crippen LogP contribution in [-0.4, -0.2) is 25.0 Å². The number of nitrogens with one attached hydrogen (secondary N) is 2. The van der Waals surface area contributed by atoms with E-state index >= 15 is 0 Å². The molecule has 2 aromatic rings. The average Bonchev–Trinajstić information content (AvgIpc) is 2.55. The number of aromatic nitrogens is 1. The van der Waals surface area contributed by atoms with Gasteiger partial charge in [-0.2, -0.15) is 0 Å². The number of hydrogen-bond donors (Lipinski definition) is 3. The summed E-state index contributed by atoms with van der Waals surface area (Å²) in [5.41, 5.74) is 5.12. The Hall–Kier alpha value is -2.48. The second kappa shape index (κ2) is 5.52. The number of nitrogens with zero attached hydrogens (tertiary/aromatic N) is 1. The van der Waals surface area contributed by atoms with Gasteiger partial charge in [0.05, 0.1) is 17.0 Å². The summed E-state index contributed by atoms with van der Waals surface area (Å²) in [4.78, 5) is 4.12. The third kappa shape index (κ3) is 2.57. The van der Waals surface area contributed by atoms with E-state index < -0.39 is 31.7 Å². The minimum Gasteiger partial charge on any atom is -0.399 e. The molecule has 1 fully saturated rings. The Morgan fingerprint density at radius 2 is 2.00 bits per heavy atom. The number of pyridine rings is 1. The molecule has 0 radical (unpaired) electrons. The lowest BCUT2D eigenvalue weighted by atomic mass is 9.90. The van der Waals surface area contributed by atoms with Crippen LogP contribution in [0.2, 0.25) is 0 Å². The van der Waals surface area contributed by atoms with Gasteiger partial charge in [0.1, 0.15) is 11.7 Å². The van der Waals surface area contributed by atoms with Gasteiger partial charge in [-0.15, -0.1) is 0 Å². The molecule has 1 aliphatic heterocycles. The first kappa shape index (κ1) is 17.3. The van der Waals surface area contributed by atoms with Crippen molar-refractivity contribution in [3.8, 4) is 0 Å². The van der Waals surface area contributed by atoms with Gasteiger partial charge in [-0.25, -0.2) is 12.8 Å². The largest absolute Gasteiger partial charge is 0.399 e. The van der Waals surface area contributed by atoms with Crippen LogP contribution in [0.1, 0.15) is 25.1 Å². The van der Waals surface area contributed by atoms with E-state index in [1.54, 1.807) is 25.1 Å². The molecule has 0 bridgehead atoms. The number of rotatable bonds is 2. The molecule has 2 heterocycles. The second-order valence-corrected chi connectivity index (χ2v) is 8.91. The zero-order chi connectivity index (χ0) is 18.5. The quantitative estimate of drug-likeness (QED) is 0.707. The van der Waals surface area contributed by atoms with Gasteiger partial charge in [-0.1, -0.05) is 6.07 Å². The van der Waals surface area contributed by atoms with Crippen LogP contribution < -0.4 is 11.1 Å². The normalized spacial score (nSPS) is 28.4. The van der Waals surface area contributed by atoms with Gasteiger partial charge < -0.3 is 11.1 Å². The third-order valence-corrected chi connectivity index (χ3v) is 7.33. The molecule has 0 unspecified atom stereocenters. The number of nitrogen functional groups attached to an aromatic ring is 1. The summed E-state index contributed by atoms with van der Waals surface area (Å²) in [6.45, 7) is 2.99. The molecule has 8 heteroatoms. The molecule has 0 aliphatic carbocycles. The number of nitrogens with two attached hydrogens (primary N) is 1. The lowest BCUT2D eigenvalue weighted by Crippen LogP contribution is -2.63. The van der Waals surface area contributed by atoms with Gasteiger partial charge in [0.25, 0.3) is 0 Å². The maximum Gasteiger partial charge on any atom is 0.171 e. The Labute approximate surface area is 145 Å². The van der Waals surface area contributed by atoms with Crippen LogP contribution >= 0.6 is 0 Å². The summed E-state index contributed by atoms with van der Waals surface area (Å²) in [6.07, 6.45) is 1.48. The fraction of sp³-hybridized carbons (Fsp3) is 0.294. The number of benzene rings is 1. The van der Waals surface area contributed by atoms with Gasteiger partial charge in [-0.05, 0) is 44.2 Å². The fourth-order valence-electron chi connectivity index (χ4n) is 3.15. The van der Waals surface area contributed by atoms with Crippen molar-refractivity contribution in [1.82, 2.24) is 10.3 Å². The highest BCUT2D eigenvalue weighted by atomic mass is 32.2. The Morgan fingerprint density at radius 3 is 2.60 bits per heavy atom. The molecule has 1 aromatic heterocycles. The van der Waals surface area contributed by atoms with Crippen molar-refractivity contribution in [2.24, 2.45) is 0 Å². The molecule has 2 atom stereocenters. The lowest BCUT2D eigenvalue weighted by Gasteiger charge is -2.44. The van der Waals surface area contributed by atoms with Gasteiger partial charge in [0.2, 0.25) is 0 Å². The first-order valence-corrected chi connectivity index (χ1v) is 9.32. The Balaban J connectivity index is 2.13. The summed E-state index contributed by atoms with van der Waals surface area (Å²) in [5, 5.41) is 11.3. The second-order valence-electron chi connectivity index (χ2n) is 6.58. The van der Waals surface area contributed by atoms with Crippen LogP contribution in [0.4, 0.5) is 10.1 Å². The molecule has 0 spiro atoms. The summed E-state index contributed by atoms with van der Waals surface area (Å²) >= 11 is 0. The van der Waals surface area contributed by atoms with Crippen molar-refractivity contribution in [1.29, 1.82) is 5.41 Å². The van der Waals surface area contributed by atoms with E-state index in [9.17, 15) is 12.8 Å². The highest BCUT2D eigenvalue weighted by Gasteiger charge is 2.55. The number of hydrogen-bond acceptors (Lipinski definition) is 5. The molecular weight excluding hydrogens is 343 g/mol. The van der Waals surface area contributed by atoms with Crippen LogP contribution in [0.15, 0.2) is 42.6 Å². The molecule has 132 valence electrons. The molecule has 6 nitrogen and oxygen atoms in total. The third-order valence-electron chi connectivity index (χ3n) is 4.72. The van der Waals surface area contributed by atoms with Crippen molar-refractivity contribution in [2.45, 2.75) is 24.1 Å². The predicted octanol–water partition coefficient (Wildman–Crippen LogP) is 1.93. The predicted molar refractivity (Wildman–Crippen MR) is 94.4 cm³/mol. The zero-order valence-corrected chi connectivity index (χ0v) is 14.7. The van der Waals surface area contributed by atoms with E-state index in [-0.39, 0.29) is 17.1 Å². The van der Waals surface area contributed by atoms with E-state index in [4.69, 9.17) is 11.1 Å². The van der Waals surface area contributed by atoms with Gasteiger partial charge in [0, 0.05) is 17.4 Å². The SMILES string of the molecule is C[C@@]1(c2ccccn2)C(=N)N[C@](C)(c2cc(N)ccc2F)CS1(=O)=O. The highest BCUT2D eigenvalue weighted by molar-refractivity contribution is 7.93. The van der Waals surface area contributed by atoms with Gasteiger partial charge >= 0.3 is 0 Å². The monoisotopic (exact) mass is 362 g/mol. The van der Waals surface area contributed by atoms with Crippen molar-refractivity contribution >= 4 is 21.4 Å². The van der Waals surface area contributed by atoms with E-state index in [1.807, 2.05) is 0 Å². The van der Waals surface area contributed by atoms with Gasteiger partial charge in [-0.3, -0.25) is 10.4 Å². The maximum atomic E-state index is 14.3. The highest BCUT2D eigenvalue weighted by Crippen LogP contribution is 2.40. The lowest BCUT2D eigenvalue weighted by molar-refractivity contribution is 0.419. The van der Waals surface area contributed by atoms with Crippen LogP contribution in [0.3, 0.4) is 0 Å². The van der Waals surface area contributed by atoms with E-state index in [1.165, 1.54) is 31.3 Å². The number of anilines is 1. The number of halogens is 1. The van der Waals surface area contributed by atoms with Crippen LogP contribution in [0.25, 0.3) is 0 Å². The molecule has 0 saturated carbocycles. The van der Waals surface area contributed by atoms with E-state index in [0.717, 1.165) is 0 Å². The summed E-state index contributed by atoms with van der Waals surface area (Å²) in [5.74, 6) is -1.22. The maximum absolute atomic E-state index is 14.3. The first-order chi connectivity index (χ1) is 11.6. The minimum absolute atomic E-state index is 0.115. The van der Waals surface area contributed by atoms with E-state index in [2.05, 4.69) is 10.3 Å². The summed E-state index contributed by atoms with van der Waals surface area (Å²) in [6, 6.07) is 8.91. The van der Waals surface area contributed by atoms with Gasteiger partial charge in [0.15, 0.2) is 14.6 Å². The molecule has 3 rings (SSSR count). The smallest absolute Gasteiger partial charge is 0.171 e. The van der Waals surface area contributed by atoms with Crippen molar-refractivity contribution in [3.05, 3.63) is 59.7 Å². The van der Waals surface area contributed by atoms with Crippen molar-refractivity contribution in [2.75, 3.05) is 11.5 Å². The molecule has 4 N–H and O–H groups in total. The summed E-state index contributed by atoms with van der Waals surface area (Å²) < 4.78 is 39.0. The number of amidine groups is 1. The van der Waals surface area contributed by atoms with Crippen LogP contribution in [-0.2, 0) is 20.1 Å². The molecular formula is C17H19FN4O2S. The Bertz CT molecular complexity index is 948. The molecule has 1 aromatic carbocycles. The van der Waals surface area contributed by atoms with Crippen LogP contribution in [0.5, 0.6) is 0 Å². The van der Waals surface area contributed by atoms with Crippen molar-refractivity contribution < 1.29 is 12.8 Å².